The van der Waals surface area contributed by atoms with Crippen LogP contribution in [-0.2, 0) is 17.8 Å². The van der Waals surface area contributed by atoms with Gasteiger partial charge in [0.25, 0.3) is 11.1 Å². The van der Waals surface area contributed by atoms with Crippen molar-refractivity contribution in [3.63, 3.8) is 0 Å². The minimum atomic E-state index is -0.597. The van der Waals surface area contributed by atoms with Crippen LogP contribution in [-0.4, -0.2) is 15.5 Å². The highest BCUT2D eigenvalue weighted by Crippen LogP contribution is 2.37. The van der Waals surface area contributed by atoms with Crippen molar-refractivity contribution >= 4 is 16.9 Å². The molecule has 0 spiro atoms. The number of carbonyl (C=O) groups excluding carboxylic acids is 1. The molecule has 6 heteroatoms. The number of aryl methyl sites for hydroxylation is 3. The molecular formula is C20H16N2O4. The summed E-state index contributed by atoms with van der Waals surface area (Å²) in [6, 6.07) is 9.43. The average molecular weight is 348 g/mol. The zero-order valence-electron chi connectivity index (χ0n) is 14.2. The Labute approximate surface area is 148 Å². The average Bonchev–Trinajstić information content (AvgIpc) is 3.02. The van der Waals surface area contributed by atoms with Gasteiger partial charge in [0.1, 0.15) is 5.75 Å². The molecule has 0 bridgehead atoms. The van der Waals surface area contributed by atoms with Gasteiger partial charge in [0.2, 0.25) is 0 Å². The summed E-state index contributed by atoms with van der Waals surface area (Å²) < 4.78 is 7.04. The van der Waals surface area contributed by atoms with Crippen molar-refractivity contribution in [2.24, 2.45) is 0 Å². The Bertz CT molecular complexity index is 1220. The molecule has 3 aromatic rings. The van der Waals surface area contributed by atoms with Gasteiger partial charge in [-0.3, -0.25) is 14.4 Å². The van der Waals surface area contributed by atoms with Crippen LogP contribution in [0.25, 0.3) is 10.9 Å². The summed E-state index contributed by atoms with van der Waals surface area (Å²) in [5.41, 5.74) is 3.11. The Hall–Kier alpha value is -3.15. The molecular weight excluding hydrogens is 332 g/mol. The van der Waals surface area contributed by atoms with Crippen LogP contribution < -0.4 is 15.9 Å². The van der Waals surface area contributed by atoms with Gasteiger partial charge in [-0.25, -0.2) is 0 Å². The molecule has 6 nitrogen and oxygen atoms in total. The number of ether oxygens (including phenoxy) is 1. The van der Waals surface area contributed by atoms with Crippen LogP contribution in [0.15, 0.2) is 39.9 Å². The molecule has 0 aliphatic carbocycles. The Morgan fingerprint density at radius 2 is 2.04 bits per heavy atom. The normalized spacial score (nSPS) is 18.0. The number of fused-ring (bicyclic) bond motifs is 1. The number of nitrogens with zero attached hydrogens (tertiary/aromatic N) is 1. The summed E-state index contributed by atoms with van der Waals surface area (Å²) in [4.78, 5) is 40.6. The summed E-state index contributed by atoms with van der Waals surface area (Å²) in [6.45, 7) is 2.35. The third kappa shape index (κ3) is 2.02. The van der Waals surface area contributed by atoms with E-state index in [2.05, 4.69) is 4.98 Å². The zero-order chi connectivity index (χ0) is 18.0. The zero-order valence-corrected chi connectivity index (χ0v) is 14.2. The van der Waals surface area contributed by atoms with Gasteiger partial charge in [-0.05, 0) is 30.4 Å². The molecule has 1 aromatic carbocycles. The first kappa shape index (κ1) is 15.1. The third-order valence-electron chi connectivity index (χ3n) is 5.32. The largest absolute Gasteiger partial charge is 0.426 e. The number of hydrogen-bond acceptors (Lipinski definition) is 4. The summed E-state index contributed by atoms with van der Waals surface area (Å²) >= 11 is 0. The molecule has 0 saturated heterocycles. The SMILES string of the molecule is Cc1cc2c(c(=O)[nH]1)[C@@H](c1cc3cccc4c3n(c1=O)CC4)CC(=O)O2. The molecule has 1 N–H and O–H groups in total. The van der Waals surface area contributed by atoms with Crippen LogP contribution >= 0.6 is 0 Å². The van der Waals surface area contributed by atoms with Crippen LogP contribution in [0.4, 0.5) is 0 Å². The van der Waals surface area contributed by atoms with Gasteiger partial charge in [0, 0.05) is 29.8 Å². The molecule has 5 rings (SSSR count). The maximum absolute atomic E-state index is 13.1. The van der Waals surface area contributed by atoms with E-state index >= 15 is 0 Å². The number of hydrogen-bond donors (Lipinski definition) is 1. The number of H-pyrrole nitrogens is 1. The fourth-order valence-electron chi connectivity index (χ4n) is 4.22. The topological polar surface area (TPSA) is 81.2 Å². The predicted octanol–water partition coefficient (Wildman–Crippen LogP) is 2.00. The third-order valence-corrected chi connectivity index (χ3v) is 5.32. The molecule has 0 amide bonds. The monoisotopic (exact) mass is 348 g/mol. The van der Waals surface area contributed by atoms with E-state index in [4.69, 9.17) is 4.74 Å². The van der Waals surface area contributed by atoms with E-state index in [9.17, 15) is 14.4 Å². The Balaban J connectivity index is 1.81. The van der Waals surface area contributed by atoms with Crippen molar-refractivity contribution in [2.45, 2.75) is 32.2 Å². The first-order chi connectivity index (χ1) is 12.5. The second-order valence-electron chi connectivity index (χ2n) is 6.95. The quantitative estimate of drug-likeness (QED) is 0.682. The Morgan fingerprint density at radius 1 is 1.19 bits per heavy atom. The minimum Gasteiger partial charge on any atom is -0.426 e. The van der Waals surface area contributed by atoms with Gasteiger partial charge in [-0.15, -0.1) is 0 Å². The molecule has 0 unspecified atom stereocenters. The first-order valence-corrected chi connectivity index (χ1v) is 8.63. The maximum atomic E-state index is 13.1. The number of para-hydroxylation sites is 1. The van der Waals surface area contributed by atoms with Crippen molar-refractivity contribution in [3.8, 4) is 5.75 Å². The Morgan fingerprint density at radius 3 is 2.88 bits per heavy atom. The van der Waals surface area contributed by atoms with E-state index < -0.39 is 11.9 Å². The van der Waals surface area contributed by atoms with Gasteiger partial charge in [-0.2, -0.15) is 0 Å². The van der Waals surface area contributed by atoms with E-state index in [1.54, 1.807) is 17.6 Å². The smallest absolute Gasteiger partial charge is 0.312 e. The summed E-state index contributed by atoms with van der Waals surface area (Å²) in [5.74, 6) is -0.773. The number of rotatable bonds is 1. The van der Waals surface area contributed by atoms with Crippen LogP contribution in [0, 0.1) is 6.92 Å². The highest BCUT2D eigenvalue weighted by molar-refractivity contribution is 5.85. The van der Waals surface area contributed by atoms with E-state index in [1.165, 1.54) is 0 Å². The van der Waals surface area contributed by atoms with Crippen molar-refractivity contribution in [1.29, 1.82) is 0 Å². The fraction of sp³-hybridized carbons (Fsp3) is 0.250. The lowest BCUT2D eigenvalue weighted by atomic mass is 9.87. The van der Waals surface area contributed by atoms with Crippen LogP contribution in [0.2, 0.25) is 0 Å². The number of pyridine rings is 2. The van der Waals surface area contributed by atoms with E-state index in [0.29, 0.717) is 23.4 Å². The van der Waals surface area contributed by atoms with Crippen LogP contribution in [0.5, 0.6) is 5.75 Å². The lowest BCUT2D eigenvalue weighted by molar-refractivity contribution is -0.135. The summed E-state index contributed by atoms with van der Waals surface area (Å²) in [5, 5.41) is 0.957. The molecule has 130 valence electrons. The van der Waals surface area contributed by atoms with Gasteiger partial charge in [0.05, 0.1) is 17.5 Å². The highest BCUT2D eigenvalue weighted by Gasteiger charge is 2.34. The highest BCUT2D eigenvalue weighted by atomic mass is 16.5. The van der Waals surface area contributed by atoms with E-state index in [0.717, 1.165) is 22.9 Å². The summed E-state index contributed by atoms with van der Waals surface area (Å²) in [7, 11) is 0. The number of benzene rings is 1. The second kappa shape index (κ2) is 5.17. The molecule has 1 atom stereocenters. The number of aromatic amines is 1. The van der Waals surface area contributed by atoms with Crippen molar-refractivity contribution < 1.29 is 9.53 Å². The van der Waals surface area contributed by atoms with Crippen molar-refractivity contribution in [2.75, 3.05) is 0 Å². The van der Waals surface area contributed by atoms with E-state index in [1.807, 2.05) is 24.3 Å². The lowest BCUT2D eigenvalue weighted by Crippen LogP contribution is -2.33. The molecule has 0 fully saturated rings. The fourth-order valence-corrected chi connectivity index (χ4v) is 4.22. The number of carbonyl (C=O) groups is 1. The van der Waals surface area contributed by atoms with Crippen LogP contribution in [0.1, 0.15) is 34.7 Å². The first-order valence-electron chi connectivity index (χ1n) is 8.63. The molecule has 4 heterocycles. The summed E-state index contributed by atoms with van der Waals surface area (Å²) in [6.07, 6.45) is 0.804. The molecule has 26 heavy (non-hydrogen) atoms. The number of nitrogens with one attached hydrogen (secondary N) is 1. The van der Waals surface area contributed by atoms with Crippen molar-refractivity contribution in [1.82, 2.24) is 9.55 Å². The van der Waals surface area contributed by atoms with Crippen molar-refractivity contribution in [3.05, 3.63) is 73.4 Å². The lowest BCUT2D eigenvalue weighted by Gasteiger charge is -2.24. The molecule has 2 aliphatic heterocycles. The molecule has 2 aromatic heterocycles. The number of aromatic nitrogens is 2. The van der Waals surface area contributed by atoms with E-state index in [-0.39, 0.29) is 23.3 Å². The minimum absolute atomic E-state index is 0.0143. The molecule has 0 saturated carbocycles. The second-order valence-corrected chi connectivity index (χ2v) is 6.95. The van der Waals surface area contributed by atoms with Gasteiger partial charge in [0.15, 0.2) is 0 Å². The predicted molar refractivity (Wildman–Crippen MR) is 95.8 cm³/mol. The van der Waals surface area contributed by atoms with Gasteiger partial charge < -0.3 is 14.3 Å². The molecule has 2 aliphatic rings. The maximum Gasteiger partial charge on any atom is 0.312 e. The Kier molecular flexibility index (Phi) is 3.01. The molecule has 0 radical (unpaired) electrons. The number of esters is 1. The standard InChI is InChI=1S/C20H16N2O4/c1-10-7-15-17(19(24)21-10)13(9-16(23)26-15)14-8-12-4-2-3-11-5-6-22(18(11)12)20(14)25/h2-4,7-8,13H,5-6,9H2,1H3,(H,21,24)/t13-/m1/s1. The van der Waals surface area contributed by atoms with Crippen LogP contribution in [0.3, 0.4) is 0 Å². The van der Waals surface area contributed by atoms with Gasteiger partial charge >= 0.3 is 5.97 Å². The van der Waals surface area contributed by atoms with Gasteiger partial charge in [-0.1, -0.05) is 18.2 Å².